The Balaban J connectivity index is 1.42. The van der Waals surface area contributed by atoms with Crippen LogP contribution in [0, 0.1) is 5.41 Å². The number of esters is 1. The Hall–Kier alpha value is -3.46. The first-order chi connectivity index (χ1) is 14.9. The number of hydrogen-bond acceptors (Lipinski definition) is 6. The number of hydrogen-bond donors (Lipinski definition) is 4. The molecule has 2 fully saturated rings. The van der Waals surface area contributed by atoms with E-state index >= 15 is 0 Å². The molecule has 4 rings (SSSR count). The third kappa shape index (κ3) is 4.09. The van der Waals surface area contributed by atoms with Crippen molar-refractivity contribution in [1.29, 1.82) is 0 Å². The molecule has 1 heterocycles. The molecule has 1 aliphatic carbocycles. The summed E-state index contributed by atoms with van der Waals surface area (Å²) >= 11 is 0. The maximum atomic E-state index is 12.9. The molecule has 9 nitrogen and oxygen atoms in total. The second-order valence-corrected chi connectivity index (χ2v) is 7.92. The Morgan fingerprint density at radius 3 is 2.35 bits per heavy atom. The monoisotopic (exact) mass is 425 g/mol. The molecule has 2 atom stereocenters. The summed E-state index contributed by atoms with van der Waals surface area (Å²) in [5, 5.41) is 14.2. The molecule has 4 N–H and O–H groups in total. The van der Waals surface area contributed by atoms with Gasteiger partial charge in [-0.2, -0.15) is 0 Å². The Morgan fingerprint density at radius 1 is 0.968 bits per heavy atom. The van der Waals surface area contributed by atoms with E-state index in [-0.39, 0.29) is 6.42 Å². The normalized spacial score (nSPS) is 22.0. The highest BCUT2D eigenvalue weighted by atomic mass is 16.6. The lowest BCUT2D eigenvalue weighted by Crippen LogP contribution is -2.56. The van der Waals surface area contributed by atoms with E-state index in [4.69, 9.17) is 0 Å². The Morgan fingerprint density at radius 2 is 1.68 bits per heavy atom. The number of aliphatic hydroxyl groups excluding tert-OH is 1. The maximum absolute atomic E-state index is 12.9. The molecule has 1 unspecified atom stereocenters. The van der Waals surface area contributed by atoms with Crippen molar-refractivity contribution in [2.45, 2.75) is 44.4 Å². The summed E-state index contributed by atoms with van der Waals surface area (Å²) in [4.78, 5) is 49.7. The smallest absolute Gasteiger partial charge is 0.310 e. The van der Waals surface area contributed by atoms with E-state index in [1.54, 1.807) is 12.1 Å². The number of nitrogens with one attached hydrogen (secondary N) is 3. The fraction of sp³-hybridized carbons (Fsp3) is 0.364. The zero-order chi connectivity index (χ0) is 22.0. The van der Waals surface area contributed by atoms with Crippen molar-refractivity contribution < 1.29 is 29.0 Å². The number of benzene rings is 2. The van der Waals surface area contributed by atoms with Gasteiger partial charge in [0.05, 0.1) is 6.42 Å². The predicted octanol–water partition coefficient (Wildman–Crippen LogP) is 0.911. The quantitative estimate of drug-likeness (QED) is 0.327. The van der Waals surface area contributed by atoms with Crippen LogP contribution in [0.25, 0.3) is 10.8 Å². The van der Waals surface area contributed by atoms with Gasteiger partial charge < -0.3 is 15.2 Å². The molecule has 2 aromatic rings. The van der Waals surface area contributed by atoms with Gasteiger partial charge in [0.25, 0.3) is 11.8 Å². The molecule has 1 aliphatic heterocycles. The molecule has 3 amide bonds. The van der Waals surface area contributed by atoms with Gasteiger partial charge in [0, 0.05) is 5.56 Å². The number of amides is 3. The number of carbonyl (C=O) groups excluding carboxylic acids is 4. The number of rotatable bonds is 4. The highest BCUT2D eigenvalue weighted by molar-refractivity contribution is 6.07. The molecule has 0 bridgehead atoms. The largest absolute Gasteiger partial charge is 0.434 e. The van der Waals surface area contributed by atoms with E-state index < -0.39 is 41.4 Å². The van der Waals surface area contributed by atoms with Crippen LogP contribution < -0.4 is 16.2 Å². The summed E-state index contributed by atoms with van der Waals surface area (Å²) in [5.41, 5.74) is 3.74. The van der Waals surface area contributed by atoms with Crippen molar-refractivity contribution in [3.63, 3.8) is 0 Å². The van der Waals surface area contributed by atoms with E-state index in [1.165, 1.54) is 0 Å². The fourth-order valence-corrected chi connectivity index (χ4v) is 4.15. The van der Waals surface area contributed by atoms with E-state index in [0.29, 0.717) is 31.2 Å². The van der Waals surface area contributed by atoms with Crippen molar-refractivity contribution in [2.75, 3.05) is 0 Å². The van der Waals surface area contributed by atoms with E-state index in [2.05, 4.69) is 20.9 Å². The average Bonchev–Trinajstić information content (AvgIpc) is 3.38. The van der Waals surface area contributed by atoms with Crippen LogP contribution in [0.5, 0.6) is 0 Å². The Labute approximate surface area is 178 Å². The van der Waals surface area contributed by atoms with Gasteiger partial charge in [0.2, 0.25) is 12.2 Å². The Kier molecular flexibility index (Phi) is 5.60. The zero-order valence-corrected chi connectivity index (χ0v) is 16.7. The third-order valence-electron chi connectivity index (χ3n) is 5.93. The van der Waals surface area contributed by atoms with Crippen LogP contribution in [0.3, 0.4) is 0 Å². The SMILES string of the molecule is O=C1C[C@H](NC(=O)C2(C(=O)NNC(=O)c3ccc4ccccc4c3)CCCC2)C(O)O1. The van der Waals surface area contributed by atoms with E-state index in [1.807, 2.05) is 30.3 Å². The number of ether oxygens (including phenoxy) is 1. The molecule has 0 radical (unpaired) electrons. The van der Waals surface area contributed by atoms with Crippen LogP contribution in [0.1, 0.15) is 42.5 Å². The van der Waals surface area contributed by atoms with Crippen molar-refractivity contribution in [1.82, 2.24) is 16.2 Å². The molecule has 2 aliphatic rings. The first-order valence-corrected chi connectivity index (χ1v) is 10.2. The molecule has 31 heavy (non-hydrogen) atoms. The summed E-state index contributed by atoms with van der Waals surface area (Å²) < 4.78 is 4.63. The number of carbonyl (C=O) groups is 4. The Bertz CT molecular complexity index is 1050. The lowest BCUT2D eigenvalue weighted by molar-refractivity contribution is -0.156. The topological polar surface area (TPSA) is 134 Å². The van der Waals surface area contributed by atoms with Gasteiger partial charge in [-0.1, -0.05) is 43.2 Å². The molecule has 2 aromatic carbocycles. The molecule has 0 spiro atoms. The van der Waals surface area contributed by atoms with Gasteiger partial charge in [-0.3, -0.25) is 30.0 Å². The molecular formula is C22H23N3O6. The molecule has 1 saturated heterocycles. The lowest BCUT2D eigenvalue weighted by Gasteiger charge is -2.28. The maximum Gasteiger partial charge on any atom is 0.310 e. The second-order valence-electron chi connectivity index (χ2n) is 7.92. The van der Waals surface area contributed by atoms with Crippen LogP contribution in [-0.2, 0) is 19.1 Å². The highest BCUT2D eigenvalue weighted by Crippen LogP contribution is 2.39. The summed E-state index contributed by atoms with van der Waals surface area (Å²) in [5.74, 6) is -2.34. The molecule has 0 aromatic heterocycles. The number of cyclic esters (lactones) is 1. The van der Waals surface area contributed by atoms with Crippen LogP contribution in [0.15, 0.2) is 42.5 Å². The van der Waals surface area contributed by atoms with Crippen molar-refractivity contribution >= 4 is 34.5 Å². The molecular weight excluding hydrogens is 402 g/mol. The van der Waals surface area contributed by atoms with Gasteiger partial charge >= 0.3 is 5.97 Å². The lowest BCUT2D eigenvalue weighted by atomic mass is 9.84. The highest BCUT2D eigenvalue weighted by Gasteiger charge is 2.50. The summed E-state index contributed by atoms with van der Waals surface area (Å²) in [6.45, 7) is 0. The first-order valence-electron chi connectivity index (χ1n) is 10.2. The standard InChI is InChI=1S/C22H23N3O6/c26-17-12-16(19(28)31-17)23-20(29)22(9-3-4-10-22)21(30)25-24-18(27)15-8-7-13-5-1-2-6-14(13)11-15/h1-2,5-8,11,16,19,28H,3-4,9-10,12H2,(H,23,29)(H,24,27)(H,25,30)/t16-,19?/m0/s1. The molecule has 162 valence electrons. The fourth-order valence-electron chi connectivity index (χ4n) is 4.15. The summed E-state index contributed by atoms with van der Waals surface area (Å²) in [6, 6.07) is 11.9. The van der Waals surface area contributed by atoms with Gasteiger partial charge in [0.15, 0.2) is 0 Å². The number of fused-ring (bicyclic) bond motifs is 1. The zero-order valence-electron chi connectivity index (χ0n) is 16.7. The second kappa shape index (κ2) is 8.35. The average molecular weight is 425 g/mol. The predicted molar refractivity (Wildman–Crippen MR) is 109 cm³/mol. The van der Waals surface area contributed by atoms with Crippen LogP contribution in [0.4, 0.5) is 0 Å². The first kappa shape index (κ1) is 20.8. The third-order valence-corrected chi connectivity index (χ3v) is 5.93. The van der Waals surface area contributed by atoms with Gasteiger partial charge in [-0.15, -0.1) is 0 Å². The molecule has 9 heteroatoms. The summed E-state index contributed by atoms with van der Waals surface area (Å²) in [7, 11) is 0. The van der Waals surface area contributed by atoms with Crippen LogP contribution in [0.2, 0.25) is 0 Å². The van der Waals surface area contributed by atoms with E-state index in [9.17, 15) is 24.3 Å². The van der Waals surface area contributed by atoms with Crippen molar-refractivity contribution in [3.8, 4) is 0 Å². The molecule has 1 saturated carbocycles. The van der Waals surface area contributed by atoms with Gasteiger partial charge in [-0.25, -0.2) is 0 Å². The van der Waals surface area contributed by atoms with Crippen LogP contribution >= 0.6 is 0 Å². The minimum Gasteiger partial charge on any atom is -0.434 e. The van der Waals surface area contributed by atoms with Crippen LogP contribution in [-0.4, -0.2) is 41.1 Å². The number of aliphatic hydroxyl groups is 1. The van der Waals surface area contributed by atoms with Gasteiger partial charge in [-0.05, 0) is 35.7 Å². The number of hydrazine groups is 1. The van der Waals surface area contributed by atoms with Gasteiger partial charge in [0.1, 0.15) is 11.5 Å². The minimum absolute atomic E-state index is 0.163. The van der Waals surface area contributed by atoms with Crippen molar-refractivity contribution in [3.05, 3.63) is 48.0 Å². The van der Waals surface area contributed by atoms with E-state index in [0.717, 1.165) is 10.8 Å². The van der Waals surface area contributed by atoms with Crippen molar-refractivity contribution in [2.24, 2.45) is 5.41 Å². The minimum atomic E-state index is -1.44. The summed E-state index contributed by atoms with van der Waals surface area (Å²) in [6.07, 6.45) is 0.334.